The van der Waals surface area contributed by atoms with Crippen LogP contribution >= 0.6 is 12.6 Å². The molecule has 0 aromatic carbocycles. The Labute approximate surface area is 120 Å². The van der Waals surface area contributed by atoms with Crippen molar-refractivity contribution in [3.05, 3.63) is 0 Å². The molecule has 0 spiro atoms. The van der Waals surface area contributed by atoms with Crippen molar-refractivity contribution in [3.63, 3.8) is 0 Å². The molecule has 0 radical (unpaired) electrons. The van der Waals surface area contributed by atoms with E-state index in [0.29, 0.717) is 16.9 Å². The second kappa shape index (κ2) is 6.15. The van der Waals surface area contributed by atoms with Gasteiger partial charge in [-0.3, -0.25) is 4.90 Å². The predicted octanol–water partition coefficient (Wildman–Crippen LogP) is 2.99. The molecule has 1 heterocycles. The lowest BCUT2D eigenvalue weighted by atomic mass is 9.81. The Kier molecular flexibility index (Phi) is 5.58. The van der Waals surface area contributed by atoms with Crippen molar-refractivity contribution in [1.29, 1.82) is 0 Å². The molecule has 0 aromatic heterocycles. The molecule has 0 aromatic rings. The number of piperazine rings is 1. The molecule has 0 amide bonds. The number of hydrogen-bond donors (Lipinski definition) is 1. The van der Waals surface area contributed by atoms with E-state index in [0.717, 1.165) is 5.75 Å². The molecule has 1 fully saturated rings. The third kappa shape index (κ3) is 4.75. The lowest BCUT2D eigenvalue weighted by Crippen LogP contribution is -2.54. The van der Waals surface area contributed by atoms with Crippen molar-refractivity contribution >= 4 is 12.6 Å². The van der Waals surface area contributed by atoms with Gasteiger partial charge in [-0.2, -0.15) is 12.6 Å². The van der Waals surface area contributed by atoms with E-state index < -0.39 is 0 Å². The molecule has 1 aliphatic heterocycles. The highest BCUT2D eigenvalue weighted by Crippen LogP contribution is 2.28. The summed E-state index contributed by atoms with van der Waals surface area (Å²) in [7, 11) is 0. The van der Waals surface area contributed by atoms with E-state index in [-0.39, 0.29) is 0 Å². The molecule has 1 saturated heterocycles. The van der Waals surface area contributed by atoms with Gasteiger partial charge in [-0.1, -0.05) is 20.8 Å². The molecule has 108 valence electrons. The zero-order valence-corrected chi connectivity index (χ0v) is 14.1. The fraction of sp³-hybridized carbons (Fsp3) is 1.00. The number of nitrogens with zero attached hydrogens (tertiary/aromatic N) is 2. The average Bonchev–Trinajstić information content (AvgIpc) is 2.23. The molecule has 1 atom stereocenters. The third-order valence-corrected chi connectivity index (χ3v) is 4.69. The maximum atomic E-state index is 4.54. The van der Waals surface area contributed by atoms with Crippen LogP contribution in [-0.2, 0) is 0 Å². The molecule has 0 aliphatic carbocycles. The van der Waals surface area contributed by atoms with Crippen LogP contribution in [0, 0.1) is 11.3 Å². The van der Waals surface area contributed by atoms with Crippen LogP contribution in [-0.4, -0.2) is 53.8 Å². The van der Waals surface area contributed by atoms with Gasteiger partial charge < -0.3 is 4.90 Å². The minimum absolute atomic E-state index is 0.319. The molecular weight excluding hydrogens is 240 g/mol. The van der Waals surface area contributed by atoms with Crippen molar-refractivity contribution in [2.45, 2.75) is 47.1 Å². The van der Waals surface area contributed by atoms with Crippen LogP contribution in [0.3, 0.4) is 0 Å². The number of rotatable bonds is 3. The Morgan fingerprint density at radius 3 is 1.78 bits per heavy atom. The van der Waals surface area contributed by atoms with Crippen molar-refractivity contribution in [3.8, 4) is 0 Å². The Balaban J connectivity index is 2.44. The SMILES string of the molecule is CC(C)(C)C(CS)CN1CCN(C(C)(C)C)CC1. The molecule has 1 unspecified atom stereocenters. The lowest BCUT2D eigenvalue weighted by Gasteiger charge is -2.44. The first-order valence-corrected chi connectivity index (χ1v) is 7.86. The minimum atomic E-state index is 0.319. The van der Waals surface area contributed by atoms with Crippen molar-refractivity contribution < 1.29 is 0 Å². The van der Waals surface area contributed by atoms with E-state index in [1.165, 1.54) is 32.7 Å². The van der Waals surface area contributed by atoms with Crippen molar-refractivity contribution in [2.75, 3.05) is 38.5 Å². The first kappa shape index (κ1) is 16.3. The van der Waals surface area contributed by atoms with Gasteiger partial charge in [0, 0.05) is 38.3 Å². The first-order valence-electron chi connectivity index (χ1n) is 7.23. The molecule has 0 bridgehead atoms. The van der Waals surface area contributed by atoms with Crippen LogP contribution in [0.15, 0.2) is 0 Å². The Bertz CT molecular complexity index is 244. The van der Waals surface area contributed by atoms with E-state index in [9.17, 15) is 0 Å². The Morgan fingerprint density at radius 1 is 0.944 bits per heavy atom. The van der Waals surface area contributed by atoms with Crippen molar-refractivity contribution in [1.82, 2.24) is 9.80 Å². The lowest BCUT2D eigenvalue weighted by molar-refractivity contribution is 0.0471. The van der Waals surface area contributed by atoms with E-state index in [1.54, 1.807) is 0 Å². The van der Waals surface area contributed by atoms with Gasteiger partial charge in [0.05, 0.1) is 0 Å². The van der Waals surface area contributed by atoms with Gasteiger partial charge in [-0.15, -0.1) is 0 Å². The third-order valence-electron chi connectivity index (χ3n) is 4.24. The van der Waals surface area contributed by atoms with Crippen LogP contribution in [0.1, 0.15) is 41.5 Å². The Morgan fingerprint density at radius 2 is 1.44 bits per heavy atom. The fourth-order valence-electron chi connectivity index (χ4n) is 2.52. The van der Waals surface area contributed by atoms with Gasteiger partial charge >= 0.3 is 0 Å². The van der Waals surface area contributed by atoms with E-state index in [4.69, 9.17) is 0 Å². The summed E-state index contributed by atoms with van der Waals surface area (Å²) in [6, 6.07) is 0. The molecular formula is C15H32N2S. The smallest absolute Gasteiger partial charge is 0.0126 e. The van der Waals surface area contributed by atoms with E-state index in [1.807, 2.05) is 0 Å². The topological polar surface area (TPSA) is 6.48 Å². The highest BCUT2D eigenvalue weighted by molar-refractivity contribution is 7.80. The zero-order chi connectivity index (χ0) is 14.0. The van der Waals surface area contributed by atoms with Gasteiger partial charge in [0.15, 0.2) is 0 Å². The normalized spacial score (nSPS) is 22.2. The van der Waals surface area contributed by atoms with E-state index in [2.05, 4.69) is 64.0 Å². The minimum Gasteiger partial charge on any atom is -0.300 e. The molecule has 2 nitrogen and oxygen atoms in total. The van der Waals surface area contributed by atoms with Crippen LogP contribution in [0.25, 0.3) is 0 Å². The highest BCUT2D eigenvalue weighted by atomic mass is 32.1. The van der Waals surface area contributed by atoms with Gasteiger partial charge in [-0.05, 0) is 37.9 Å². The molecule has 1 aliphatic rings. The molecule has 18 heavy (non-hydrogen) atoms. The van der Waals surface area contributed by atoms with E-state index >= 15 is 0 Å². The summed E-state index contributed by atoms with van der Waals surface area (Å²) < 4.78 is 0. The summed E-state index contributed by atoms with van der Waals surface area (Å²) in [5.74, 6) is 1.67. The summed E-state index contributed by atoms with van der Waals surface area (Å²) in [4.78, 5) is 5.21. The fourth-order valence-corrected chi connectivity index (χ4v) is 3.18. The van der Waals surface area contributed by atoms with Gasteiger partial charge in [0.25, 0.3) is 0 Å². The summed E-state index contributed by atoms with van der Waals surface area (Å²) >= 11 is 4.54. The summed E-state index contributed by atoms with van der Waals surface area (Å²) in [6.07, 6.45) is 0. The highest BCUT2D eigenvalue weighted by Gasteiger charge is 2.29. The summed E-state index contributed by atoms with van der Waals surface area (Å²) in [5, 5.41) is 0. The Hall–Kier alpha value is 0.270. The molecule has 0 saturated carbocycles. The van der Waals surface area contributed by atoms with Crippen LogP contribution in [0.2, 0.25) is 0 Å². The zero-order valence-electron chi connectivity index (χ0n) is 13.2. The van der Waals surface area contributed by atoms with Crippen LogP contribution in [0.5, 0.6) is 0 Å². The summed E-state index contributed by atoms with van der Waals surface area (Å²) in [6.45, 7) is 20.0. The molecule has 0 N–H and O–H groups in total. The molecule has 1 rings (SSSR count). The van der Waals surface area contributed by atoms with Gasteiger partial charge in [-0.25, -0.2) is 0 Å². The summed E-state index contributed by atoms with van der Waals surface area (Å²) in [5.41, 5.74) is 0.683. The maximum Gasteiger partial charge on any atom is 0.0126 e. The predicted molar refractivity (Wildman–Crippen MR) is 84.6 cm³/mol. The first-order chi connectivity index (χ1) is 8.14. The van der Waals surface area contributed by atoms with Crippen LogP contribution in [0.4, 0.5) is 0 Å². The van der Waals surface area contributed by atoms with Crippen LogP contribution < -0.4 is 0 Å². The quantitative estimate of drug-likeness (QED) is 0.789. The largest absolute Gasteiger partial charge is 0.300 e. The maximum absolute atomic E-state index is 4.54. The van der Waals surface area contributed by atoms with Gasteiger partial charge in [0.1, 0.15) is 0 Å². The number of thiol groups is 1. The standard InChI is InChI=1S/C15H32N2S/c1-14(2,3)13(12-18)11-16-7-9-17(10-8-16)15(4,5)6/h13,18H,7-12H2,1-6H3. The molecule has 3 heteroatoms. The second-order valence-electron chi connectivity index (χ2n) is 7.70. The second-order valence-corrected chi connectivity index (χ2v) is 8.07. The van der Waals surface area contributed by atoms with Gasteiger partial charge in [0.2, 0.25) is 0 Å². The monoisotopic (exact) mass is 272 g/mol. The van der Waals surface area contributed by atoms with Crippen molar-refractivity contribution in [2.24, 2.45) is 11.3 Å². The number of hydrogen-bond acceptors (Lipinski definition) is 3. The average molecular weight is 273 g/mol.